The van der Waals surface area contributed by atoms with Crippen molar-refractivity contribution >= 4 is 29.1 Å². The number of hydrogen-bond acceptors (Lipinski definition) is 6. The zero-order valence-corrected chi connectivity index (χ0v) is 15.7. The third-order valence-electron chi connectivity index (χ3n) is 4.66. The summed E-state index contributed by atoms with van der Waals surface area (Å²) in [5, 5.41) is 2.70. The second kappa shape index (κ2) is 7.70. The normalized spacial score (nSPS) is 15.5. The maximum atomic E-state index is 12.6. The summed E-state index contributed by atoms with van der Waals surface area (Å²) in [4.78, 5) is 40.0. The van der Waals surface area contributed by atoms with Crippen LogP contribution in [0.1, 0.15) is 0 Å². The Labute approximate surface area is 166 Å². The first-order chi connectivity index (χ1) is 14.0. The Balaban J connectivity index is 1.39. The molecule has 29 heavy (non-hydrogen) atoms. The molecule has 9 heteroatoms. The molecule has 1 fully saturated rings. The molecule has 0 radical (unpaired) electrons. The van der Waals surface area contributed by atoms with E-state index in [4.69, 9.17) is 14.2 Å². The number of carbonyl (C=O) groups is 3. The fraction of sp³-hybridized carbons (Fsp3) is 0.250. The summed E-state index contributed by atoms with van der Waals surface area (Å²) in [6.07, 6.45) is 0. The van der Waals surface area contributed by atoms with E-state index < -0.39 is 17.7 Å². The van der Waals surface area contributed by atoms with E-state index in [1.165, 1.54) is 16.9 Å². The smallest absolute Gasteiger partial charge is 0.316 e. The van der Waals surface area contributed by atoms with E-state index in [1.807, 2.05) is 0 Å². The Morgan fingerprint density at radius 3 is 2.72 bits per heavy atom. The van der Waals surface area contributed by atoms with Gasteiger partial charge in [-0.25, -0.2) is 0 Å². The summed E-state index contributed by atoms with van der Waals surface area (Å²) in [6.45, 7) is 0.430. The Bertz CT molecular complexity index is 976. The van der Waals surface area contributed by atoms with Gasteiger partial charge in [0.1, 0.15) is 12.3 Å². The highest BCUT2D eigenvalue weighted by Gasteiger charge is 2.34. The average molecular weight is 397 g/mol. The van der Waals surface area contributed by atoms with E-state index >= 15 is 0 Å². The van der Waals surface area contributed by atoms with Crippen molar-refractivity contribution in [2.75, 3.05) is 43.8 Å². The molecule has 2 aromatic rings. The first-order valence-corrected chi connectivity index (χ1v) is 8.99. The highest BCUT2D eigenvalue weighted by Crippen LogP contribution is 2.35. The minimum atomic E-state index is -0.727. The average Bonchev–Trinajstić information content (AvgIpc) is 3.19. The van der Waals surface area contributed by atoms with Crippen molar-refractivity contribution in [2.24, 2.45) is 0 Å². The number of ether oxygens (including phenoxy) is 3. The largest absolute Gasteiger partial charge is 0.497 e. The van der Waals surface area contributed by atoms with Crippen LogP contribution in [0.4, 0.5) is 11.4 Å². The molecular formula is C20H19N3O6. The maximum absolute atomic E-state index is 12.6. The molecule has 2 aliphatic rings. The highest BCUT2D eigenvalue weighted by atomic mass is 16.7. The summed E-state index contributed by atoms with van der Waals surface area (Å²) < 4.78 is 15.7. The van der Waals surface area contributed by atoms with E-state index in [2.05, 4.69) is 5.32 Å². The van der Waals surface area contributed by atoms with Crippen molar-refractivity contribution in [1.82, 2.24) is 4.90 Å². The molecule has 0 saturated carbocycles. The lowest BCUT2D eigenvalue weighted by molar-refractivity contribution is -0.147. The minimum Gasteiger partial charge on any atom is -0.497 e. The molecule has 0 bridgehead atoms. The molecule has 0 aromatic heterocycles. The number of carbonyl (C=O) groups excluding carboxylic acids is 3. The molecule has 2 heterocycles. The van der Waals surface area contributed by atoms with E-state index in [0.29, 0.717) is 28.6 Å². The third kappa shape index (κ3) is 3.79. The first-order valence-electron chi connectivity index (χ1n) is 8.99. The lowest BCUT2D eigenvalue weighted by atomic mass is 10.2. The highest BCUT2D eigenvalue weighted by molar-refractivity contribution is 6.41. The van der Waals surface area contributed by atoms with Gasteiger partial charge >= 0.3 is 11.8 Å². The quantitative estimate of drug-likeness (QED) is 0.763. The first kappa shape index (κ1) is 18.6. The molecular weight excluding hydrogens is 378 g/mol. The molecule has 1 saturated heterocycles. The van der Waals surface area contributed by atoms with Gasteiger partial charge in [-0.05, 0) is 24.3 Å². The van der Waals surface area contributed by atoms with Crippen molar-refractivity contribution in [3.63, 3.8) is 0 Å². The molecule has 1 N–H and O–H groups in total. The zero-order chi connectivity index (χ0) is 20.4. The van der Waals surface area contributed by atoms with Gasteiger partial charge in [0.15, 0.2) is 11.5 Å². The van der Waals surface area contributed by atoms with Crippen molar-refractivity contribution in [1.29, 1.82) is 0 Å². The Hall–Kier alpha value is -3.75. The summed E-state index contributed by atoms with van der Waals surface area (Å²) in [6, 6.07) is 11.9. The lowest BCUT2D eigenvalue weighted by Gasteiger charge is -2.33. The molecule has 0 spiro atoms. The van der Waals surface area contributed by atoms with Crippen LogP contribution in [-0.4, -0.2) is 56.2 Å². The van der Waals surface area contributed by atoms with Crippen molar-refractivity contribution in [3.05, 3.63) is 42.5 Å². The van der Waals surface area contributed by atoms with Crippen LogP contribution in [0.2, 0.25) is 0 Å². The van der Waals surface area contributed by atoms with Gasteiger partial charge in [-0.3, -0.25) is 14.4 Å². The number of rotatable bonds is 5. The topological polar surface area (TPSA) is 97.4 Å². The van der Waals surface area contributed by atoms with Crippen LogP contribution in [0, 0.1) is 0 Å². The van der Waals surface area contributed by atoms with Crippen LogP contribution < -0.4 is 24.4 Å². The number of nitrogens with zero attached hydrogens (tertiary/aromatic N) is 2. The molecule has 150 valence electrons. The second-order valence-corrected chi connectivity index (χ2v) is 6.50. The van der Waals surface area contributed by atoms with Gasteiger partial charge in [0.2, 0.25) is 12.7 Å². The Morgan fingerprint density at radius 2 is 1.90 bits per heavy atom. The van der Waals surface area contributed by atoms with Gasteiger partial charge in [0.05, 0.1) is 7.11 Å². The van der Waals surface area contributed by atoms with E-state index in [1.54, 1.807) is 42.5 Å². The van der Waals surface area contributed by atoms with Gasteiger partial charge in [0, 0.05) is 36.6 Å². The van der Waals surface area contributed by atoms with E-state index in [-0.39, 0.29) is 26.4 Å². The van der Waals surface area contributed by atoms with Crippen molar-refractivity contribution in [3.8, 4) is 17.2 Å². The molecule has 9 nitrogen and oxygen atoms in total. The number of benzene rings is 2. The maximum Gasteiger partial charge on any atom is 0.316 e. The van der Waals surface area contributed by atoms with Crippen LogP contribution in [0.15, 0.2) is 42.5 Å². The Morgan fingerprint density at radius 1 is 1.07 bits per heavy atom. The molecule has 0 unspecified atom stereocenters. The number of methoxy groups -OCH3 is 1. The van der Waals surface area contributed by atoms with Crippen LogP contribution in [-0.2, 0) is 14.4 Å². The molecule has 0 aliphatic carbocycles. The number of anilines is 2. The van der Waals surface area contributed by atoms with Crippen molar-refractivity contribution < 1.29 is 28.6 Å². The molecule has 3 amide bonds. The predicted octanol–water partition coefficient (Wildman–Crippen LogP) is 1.24. The number of piperazine rings is 1. The number of hydrogen-bond donors (Lipinski definition) is 1. The fourth-order valence-corrected chi connectivity index (χ4v) is 3.20. The molecule has 4 rings (SSSR count). The zero-order valence-electron chi connectivity index (χ0n) is 15.7. The molecule has 2 aliphatic heterocycles. The van der Waals surface area contributed by atoms with Gasteiger partial charge in [-0.1, -0.05) is 6.07 Å². The number of amides is 3. The second-order valence-electron chi connectivity index (χ2n) is 6.50. The van der Waals surface area contributed by atoms with Gasteiger partial charge < -0.3 is 29.3 Å². The molecule has 0 atom stereocenters. The van der Waals surface area contributed by atoms with E-state index in [9.17, 15) is 14.4 Å². The van der Waals surface area contributed by atoms with E-state index in [0.717, 1.165) is 0 Å². The van der Waals surface area contributed by atoms with Crippen LogP contribution in [0.25, 0.3) is 0 Å². The van der Waals surface area contributed by atoms with Crippen LogP contribution in [0.5, 0.6) is 17.2 Å². The molecule has 2 aromatic carbocycles. The SMILES string of the molecule is COc1cccc(NC(=O)CN2CCN(c3ccc4c(c3)OCO4)C(=O)C2=O)c1. The van der Waals surface area contributed by atoms with Gasteiger partial charge in [-0.2, -0.15) is 0 Å². The standard InChI is InChI=1S/C20H19N3O6/c1-27-15-4-2-3-13(9-15)21-18(24)11-22-7-8-23(20(26)19(22)25)14-5-6-16-17(10-14)29-12-28-16/h2-6,9-10H,7-8,11-12H2,1H3,(H,21,24). The number of nitrogens with one attached hydrogen (secondary N) is 1. The summed E-state index contributed by atoms with van der Waals surface area (Å²) in [7, 11) is 1.53. The monoisotopic (exact) mass is 397 g/mol. The summed E-state index contributed by atoms with van der Waals surface area (Å²) in [5.74, 6) is -0.0791. The fourth-order valence-electron chi connectivity index (χ4n) is 3.20. The minimum absolute atomic E-state index is 0.127. The van der Waals surface area contributed by atoms with Crippen molar-refractivity contribution in [2.45, 2.75) is 0 Å². The van der Waals surface area contributed by atoms with Crippen LogP contribution >= 0.6 is 0 Å². The van der Waals surface area contributed by atoms with Gasteiger partial charge in [0.25, 0.3) is 0 Å². The predicted molar refractivity (Wildman–Crippen MR) is 103 cm³/mol. The summed E-state index contributed by atoms with van der Waals surface area (Å²) >= 11 is 0. The lowest BCUT2D eigenvalue weighted by Crippen LogP contribution is -2.56. The Kier molecular flexibility index (Phi) is 4.94. The van der Waals surface area contributed by atoms with Crippen LogP contribution in [0.3, 0.4) is 0 Å². The summed E-state index contributed by atoms with van der Waals surface area (Å²) in [5.41, 5.74) is 1.10. The number of fused-ring (bicyclic) bond motifs is 1. The third-order valence-corrected chi connectivity index (χ3v) is 4.66. The van der Waals surface area contributed by atoms with Gasteiger partial charge in [-0.15, -0.1) is 0 Å².